The van der Waals surface area contributed by atoms with Gasteiger partial charge in [-0.3, -0.25) is 9.28 Å². The van der Waals surface area contributed by atoms with Gasteiger partial charge in [-0.1, -0.05) is 105 Å². The Morgan fingerprint density at radius 1 is 0.973 bits per heavy atom. The van der Waals surface area contributed by atoms with Gasteiger partial charge in [0, 0.05) is 18.4 Å². The Balaban J connectivity index is 1.94. The monoisotopic (exact) mass is 536 g/mol. The lowest BCUT2D eigenvalue weighted by atomic mass is 9.89. The van der Waals surface area contributed by atoms with Crippen LogP contribution in [0.3, 0.4) is 0 Å². The van der Waals surface area contributed by atoms with Crippen molar-refractivity contribution in [1.82, 2.24) is 8.75 Å². The topological polar surface area (TPSA) is 61.3 Å². The van der Waals surface area contributed by atoms with E-state index in [9.17, 15) is 4.79 Å². The molecule has 1 aromatic heterocycles. The van der Waals surface area contributed by atoms with E-state index in [2.05, 4.69) is 56.5 Å². The third-order valence-electron chi connectivity index (χ3n) is 7.35. The van der Waals surface area contributed by atoms with E-state index in [0.29, 0.717) is 23.4 Å². The van der Waals surface area contributed by atoms with Crippen molar-refractivity contribution in [3.05, 3.63) is 11.8 Å². The zero-order chi connectivity index (χ0) is 27.2. The maximum atomic E-state index is 12.9. The van der Waals surface area contributed by atoms with E-state index in [1.54, 1.807) is 0 Å². The average molecular weight is 537 g/mol. The standard InChI is InChI=1S/C30H54N3O3S/c1-7-9-11-13-14-15-16-17-21-26(34)36-29(30(3,4)5)33(6)22-19-20-25(24-33)27-28(32-37-31-27)35-23-18-12-10-8-2/h20,29H,7-19,21-24H2,1-6H3/q+1. The number of unbranched alkanes of at least 4 members (excludes halogenated alkanes) is 10. The highest BCUT2D eigenvalue weighted by atomic mass is 32.1. The van der Waals surface area contributed by atoms with Crippen LogP contribution in [0.4, 0.5) is 0 Å². The van der Waals surface area contributed by atoms with Crippen LogP contribution in [0.2, 0.25) is 0 Å². The fourth-order valence-corrected chi connectivity index (χ4v) is 5.96. The highest BCUT2D eigenvalue weighted by Crippen LogP contribution is 2.37. The molecule has 0 N–H and O–H groups in total. The van der Waals surface area contributed by atoms with Gasteiger partial charge in [-0.2, -0.15) is 4.37 Å². The number of carbonyl (C=O) groups is 1. The summed E-state index contributed by atoms with van der Waals surface area (Å²) in [4.78, 5) is 12.9. The number of rotatable bonds is 18. The van der Waals surface area contributed by atoms with E-state index in [4.69, 9.17) is 9.47 Å². The first-order valence-electron chi connectivity index (χ1n) is 14.9. The maximum absolute atomic E-state index is 12.9. The smallest absolute Gasteiger partial charge is 0.310 e. The fourth-order valence-electron chi connectivity index (χ4n) is 5.43. The first-order valence-corrected chi connectivity index (χ1v) is 15.6. The molecular weight excluding hydrogens is 482 g/mol. The van der Waals surface area contributed by atoms with Crippen molar-refractivity contribution in [3.63, 3.8) is 0 Å². The Labute approximate surface area is 231 Å². The lowest BCUT2D eigenvalue weighted by Crippen LogP contribution is -2.61. The Kier molecular flexibility index (Phi) is 14.1. The number of ether oxygens (including phenoxy) is 2. The van der Waals surface area contributed by atoms with Gasteiger partial charge < -0.3 is 9.47 Å². The summed E-state index contributed by atoms with van der Waals surface area (Å²) in [7, 11) is 2.22. The number of esters is 1. The molecule has 2 heterocycles. The summed E-state index contributed by atoms with van der Waals surface area (Å²) < 4.78 is 22.0. The highest BCUT2D eigenvalue weighted by molar-refractivity contribution is 6.99. The summed E-state index contributed by atoms with van der Waals surface area (Å²) in [6.07, 6.45) is 17.9. The Morgan fingerprint density at radius 2 is 1.59 bits per heavy atom. The summed E-state index contributed by atoms with van der Waals surface area (Å²) in [5.74, 6) is 0.591. The van der Waals surface area contributed by atoms with E-state index >= 15 is 0 Å². The molecule has 0 aromatic carbocycles. The van der Waals surface area contributed by atoms with Gasteiger partial charge in [0.2, 0.25) is 6.23 Å². The maximum Gasteiger partial charge on any atom is 0.310 e. The Morgan fingerprint density at radius 3 is 2.24 bits per heavy atom. The van der Waals surface area contributed by atoms with Crippen molar-refractivity contribution in [2.24, 2.45) is 5.41 Å². The minimum Gasteiger partial charge on any atom is -0.475 e. The second-order valence-corrected chi connectivity index (χ2v) is 12.7. The van der Waals surface area contributed by atoms with Gasteiger partial charge in [0.15, 0.2) is 0 Å². The summed E-state index contributed by atoms with van der Waals surface area (Å²) in [6, 6.07) is 0. The first-order chi connectivity index (χ1) is 17.7. The van der Waals surface area contributed by atoms with Gasteiger partial charge in [0.25, 0.3) is 5.88 Å². The number of hydrogen-bond donors (Lipinski definition) is 0. The summed E-state index contributed by atoms with van der Waals surface area (Å²) >= 11 is 1.21. The van der Waals surface area contributed by atoms with Gasteiger partial charge in [-0.25, -0.2) is 0 Å². The van der Waals surface area contributed by atoms with Gasteiger partial charge in [0.05, 0.1) is 37.3 Å². The van der Waals surface area contributed by atoms with Gasteiger partial charge in [-0.05, 0) is 12.8 Å². The Bertz CT molecular complexity index is 817. The number of nitrogens with zero attached hydrogens (tertiary/aromatic N) is 3. The number of likely N-dealkylation sites (N-methyl/N-ethyl adjacent to an activating group) is 1. The van der Waals surface area contributed by atoms with Crippen molar-refractivity contribution < 1.29 is 18.8 Å². The van der Waals surface area contributed by atoms with E-state index in [1.807, 2.05) is 0 Å². The lowest BCUT2D eigenvalue weighted by molar-refractivity contribution is -0.954. The Hall–Kier alpha value is -1.47. The molecule has 0 fully saturated rings. The molecule has 0 aliphatic carbocycles. The highest BCUT2D eigenvalue weighted by Gasteiger charge is 2.46. The van der Waals surface area contributed by atoms with Crippen LogP contribution in [0.1, 0.15) is 130 Å². The fraction of sp³-hybridized carbons (Fsp3) is 0.833. The molecule has 0 spiro atoms. The van der Waals surface area contributed by atoms with Crippen molar-refractivity contribution in [2.45, 2.75) is 131 Å². The van der Waals surface area contributed by atoms with Crippen LogP contribution in [0.25, 0.3) is 5.57 Å². The molecule has 7 heteroatoms. The molecule has 37 heavy (non-hydrogen) atoms. The molecule has 2 rings (SSSR count). The zero-order valence-corrected chi connectivity index (χ0v) is 25.5. The normalized spacial score (nSPS) is 18.9. The quantitative estimate of drug-likeness (QED) is 0.108. The molecule has 0 radical (unpaired) electrons. The van der Waals surface area contributed by atoms with E-state index < -0.39 is 0 Å². The van der Waals surface area contributed by atoms with Gasteiger partial charge >= 0.3 is 5.97 Å². The SMILES string of the molecule is CCCCCCCCCCC(=O)OC(C(C)(C)C)[N+]1(C)CCC=C(c2nsnc2OCCCCCC)C1. The predicted octanol–water partition coefficient (Wildman–Crippen LogP) is 8.18. The van der Waals surface area contributed by atoms with Crippen LogP contribution in [-0.2, 0) is 9.53 Å². The molecule has 0 bridgehead atoms. The second-order valence-electron chi connectivity index (χ2n) is 12.1. The summed E-state index contributed by atoms with van der Waals surface area (Å²) in [5.41, 5.74) is 1.84. The minimum atomic E-state index is -0.220. The molecule has 0 amide bonds. The number of hydrogen-bond acceptors (Lipinski definition) is 6. The van der Waals surface area contributed by atoms with E-state index in [0.717, 1.165) is 50.0 Å². The third-order valence-corrected chi connectivity index (χ3v) is 7.86. The molecule has 1 aromatic rings. The van der Waals surface area contributed by atoms with Crippen molar-refractivity contribution >= 4 is 23.3 Å². The summed E-state index contributed by atoms with van der Waals surface area (Å²) in [5, 5.41) is 0. The molecule has 0 saturated heterocycles. The molecule has 6 nitrogen and oxygen atoms in total. The van der Waals surface area contributed by atoms with Crippen molar-refractivity contribution in [1.29, 1.82) is 0 Å². The predicted molar refractivity (Wildman–Crippen MR) is 155 cm³/mol. The van der Waals surface area contributed by atoms with Crippen LogP contribution in [-0.4, -0.2) is 52.2 Å². The molecule has 2 atom stereocenters. The lowest BCUT2D eigenvalue weighted by Gasteiger charge is -2.47. The number of quaternary nitrogens is 1. The third kappa shape index (κ3) is 11.0. The van der Waals surface area contributed by atoms with Gasteiger partial charge in [-0.15, -0.1) is 4.37 Å². The van der Waals surface area contributed by atoms with E-state index in [-0.39, 0.29) is 17.6 Å². The molecule has 1 aliphatic rings. The van der Waals surface area contributed by atoms with Crippen molar-refractivity contribution in [2.75, 3.05) is 26.7 Å². The number of carbonyl (C=O) groups excluding carboxylic acids is 1. The summed E-state index contributed by atoms with van der Waals surface area (Å²) in [6.45, 7) is 13.4. The minimum absolute atomic E-state index is 0.0622. The zero-order valence-electron chi connectivity index (χ0n) is 24.7. The second kappa shape index (κ2) is 16.5. The molecule has 2 unspecified atom stereocenters. The van der Waals surface area contributed by atoms with Crippen LogP contribution in [0, 0.1) is 5.41 Å². The molecular formula is C30H54N3O3S+. The molecule has 1 aliphatic heterocycles. The van der Waals surface area contributed by atoms with Crippen LogP contribution < -0.4 is 4.74 Å². The number of aromatic nitrogens is 2. The van der Waals surface area contributed by atoms with E-state index in [1.165, 1.54) is 69.5 Å². The van der Waals surface area contributed by atoms with Crippen molar-refractivity contribution in [3.8, 4) is 5.88 Å². The van der Waals surface area contributed by atoms with Crippen LogP contribution in [0.15, 0.2) is 6.08 Å². The first kappa shape index (κ1) is 31.7. The van der Waals surface area contributed by atoms with Crippen LogP contribution in [0.5, 0.6) is 5.88 Å². The average Bonchev–Trinajstić information content (AvgIpc) is 3.32. The van der Waals surface area contributed by atoms with Crippen LogP contribution >= 0.6 is 11.7 Å². The van der Waals surface area contributed by atoms with Gasteiger partial charge in [0.1, 0.15) is 12.2 Å². The molecule has 0 saturated carbocycles. The largest absolute Gasteiger partial charge is 0.475 e. The molecule has 212 valence electrons.